The summed E-state index contributed by atoms with van der Waals surface area (Å²) in [6.45, 7) is 6.23. The van der Waals surface area contributed by atoms with E-state index < -0.39 is 0 Å². The Morgan fingerprint density at radius 2 is 2.30 bits per heavy atom. The third-order valence-electron chi connectivity index (χ3n) is 3.86. The topological polar surface area (TPSA) is 41.6 Å². The van der Waals surface area contributed by atoms with Gasteiger partial charge < -0.3 is 15.0 Å². The first-order valence-corrected chi connectivity index (χ1v) is 7.26. The van der Waals surface area contributed by atoms with Gasteiger partial charge in [-0.05, 0) is 43.5 Å². The van der Waals surface area contributed by atoms with Crippen LogP contribution in [0, 0.1) is 12.8 Å². The second kappa shape index (κ2) is 6.75. The highest BCUT2D eigenvalue weighted by Crippen LogP contribution is 2.16. The van der Waals surface area contributed by atoms with Gasteiger partial charge in [-0.15, -0.1) is 0 Å². The molecule has 0 aromatic heterocycles. The van der Waals surface area contributed by atoms with Crippen molar-refractivity contribution in [3.8, 4) is 5.75 Å². The van der Waals surface area contributed by atoms with E-state index in [-0.39, 0.29) is 11.9 Å². The molecule has 1 fully saturated rings. The van der Waals surface area contributed by atoms with Gasteiger partial charge in [0.1, 0.15) is 12.4 Å². The largest absolute Gasteiger partial charge is 0.492 e. The Balaban J connectivity index is 1.77. The normalized spacial score (nSPS) is 21.8. The lowest BCUT2D eigenvalue weighted by Gasteiger charge is -2.23. The zero-order chi connectivity index (χ0) is 14.5. The van der Waals surface area contributed by atoms with Crippen molar-refractivity contribution in [2.45, 2.75) is 26.3 Å². The van der Waals surface area contributed by atoms with Crippen molar-refractivity contribution in [2.75, 3.05) is 26.7 Å². The Hall–Kier alpha value is -1.55. The van der Waals surface area contributed by atoms with Crippen molar-refractivity contribution in [2.24, 2.45) is 5.92 Å². The third kappa shape index (κ3) is 3.73. The van der Waals surface area contributed by atoms with Crippen LogP contribution in [0.2, 0.25) is 0 Å². The van der Waals surface area contributed by atoms with Gasteiger partial charge in [0, 0.05) is 7.05 Å². The fourth-order valence-electron chi connectivity index (χ4n) is 2.52. The molecule has 110 valence electrons. The van der Waals surface area contributed by atoms with E-state index in [0.717, 1.165) is 18.7 Å². The lowest BCUT2D eigenvalue weighted by molar-refractivity contribution is -0.132. The molecule has 1 N–H and O–H groups in total. The number of nitrogens with one attached hydrogen (secondary N) is 1. The molecule has 0 radical (unpaired) electrons. The molecule has 1 aliphatic heterocycles. The van der Waals surface area contributed by atoms with E-state index in [1.54, 1.807) is 4.90 Å². The first-order valence-electron chi connectivity index (χ1n) is 7.26. The van der Waals surface area contributed by atoms with Crippen LogP contribution in [0.4, 0.5) is 0 Å². The number of nitrogens with zero attached hydrogens (tertiary/aromatic N) is 1. The molecule has 0 aliphatic carbocycles. The van der Waals surface area contributed by atoms with Gasteiger partial charge in [-0.1, -0.05) is 19.1 Å². The molecule has 4 heteroatoms. The molecule has 2 rings (SSSR count). The van der Waals surface area contributed by atoms with E-state index in [4.69, 9.17) is 4.74 Å². The lowest BCUT2D eigenvalue weighted by Crippen LogP contribution is -2.45. The SMILES string of the molecule is Cc1cccc(OCCN(C)C(=O)C2NCCC2C)c1. The van der Waals surface area contributed by atoms with Gasteiger partial charge in [0.2, 0.25) is 5.91 Å². The van der Waals surface area contributed by atoms with Gasteiger partial charge in [0.25, 0.3) is 0 Å². The minimum Gasteiger partial charge on any atom is -0.492 e. The summed E-state index contributed by atoms with van der Waals surface area (Å²) >= 11 is 0. The van der Waals surface area contributed by atoms with Gasteiger partial charge in [-0.2, -0.15) is 0 Å². The van der Waals surface area contributed by atoms with E-state index in [2.05, 4.69) is 12.2 Å². The lowest BCUT2D eigenvalue weighted by atomic mass is 10.0. The molecule has 0 spiro atoms. The van der Waals surface area contributed by atoms with Gasteiger partial charge >= 0.3 is 0 Å². The number of amides is 1. The molecular weight excluding hydrogens is 252 g/mol. The summed E-state index contributed by atoms with van der Waals surface area (Å²) in [7, 11) is 1.84. The van der Waals surface area contributed by atoms with E-state index in [1.807, 2.05) is 38.2 Å². The predicted octanol–water partition coefficient (Wildman–Crippen LogP) is 1.83. The standard InChI is InChI=1S/C16H24N2O2/c1-12-5-4-6-14(11-12)20-10-9-18(3)16(19)15-13(2)7-8-17-15/h4-6,11,13,15,17H,7-10H2,1-3H3. The molecule has 0 bridgehead atoms. The van der Waals surface area contributed by atoms with Crippen molar-refractivity contribution >= 4 is 5.91 Å². The Morgan fingerprint density at radius 1 is 1.50 bits per heavy atom. The Bertz CT molecular complexity index is 462. The van der Waals surface area contributed by atoms with Crippen molar-refractivity contribution in [1.29, 1.82) is 0 Å². The molecule has 0 saturated carbocycles. The van der Waals surface area contributed by atoms with Crippen LogP contribution in [-0.2, 0) is 4.79 Å². The predicted molar refractivity (Wildman–Crippen MR) is 79.9 cm³/mol. The van der Waals surface area contributed by atoms with Crippen LogP contribution < -0.4 is 10.1 Å². The van der Waals surface area contributed by atoms with Gasteiger partial charge in [-0.3, -0.25) is 4.79 Å². The van der Waals surface area contributed by atoms with E-state index in [9.17, 15) is 4.79 Å². The number of hydrogen-bond acceptors (Lipinski definition) is 3. The zero-order valence-corrected chi connectivity index (χ0v) is 12.6. The number of hydrogen-bond donors (Lipinski definition) is 1. The number of benzene rings is 1. The zero-order valence-electron chi connectivity index (χ0n) is 12.6. The monoisotopic (exact) mass is 276 g/mol. The summed E-state index contributed by atoms with van der Waals surface area (Å²) in [6.07, 6.45) is 1.07. The number of likely N-dealkylation sites (N-methyl/N-ethyl adjacent to an activating group) is 1. The smallest absolute Gasteiger partial charge is 0.239 e. The molecule has 1 amide bonds. The van der Waals surface area contributed by atoms with Crippen LogP contribution in [-0.4, -0.2) is 43.6 Å². The molecule has 2 unspecified atom stereocenters. The first-order chi connectivity index (χ1) is 9.58. The fraction of sp³-hybridized carbons (Fsp3) is 0.562. The van der Waals surface area contributed by atoms with Crippen LogP contribution in [0.3, 0.4) is 0 Å². The van der Waals surface area contributed by atoms with E-state index in [1.165, 1.54) is 5.56 Å². The Labute approximate surface area is 121 Å². The summed E-state index contributed by atoms with van der Waals surface area (Å²) in [5, 5.41) is 3.27. The molecule has 4 nitrogen and oxygen atoms in total. The van der Waals surface area contributed by atoms with Crippen molar-refractivity contribution in [3.63, 3.8) is 0 Å². The molecule has 1 heterocycles. The average molecular weight is 276 g/mol. The van der Waals surface area contributed by atoms with Gasteiger partial charge in [0.05, 0.1) is 12.6 Å². The maximum Gasteiger partial charge on any atom is 0.239 e. The maximum atomic E-state index is 12.3. The van der Waals surface area contributed by atoms with Crippen LogP contribution in [0.25, 0.3) is 0 Å². The average Bonchev–Trinajstić information content (AvgIpc) is 2.84. The van der Waals surface area contributed by atoms with Crippen LogP contribution in [0.1, 0.15) is 18.9 Å². The second-order valence-corrected chi connectivity index (χ2v) is 5.62. The number of ether oxygens (including phenoxy) is 1. The van der Waals surface area contributed by atoms with Crippen molar-refractivity contribution in [1.82, 2.24) is 10.2 Å². The third-order valence-corrected chi connectivity index (χ3v) is 3.86. The first kappa shape index (κ1) is 14.9. The Morgan fingerprint density at radius 3 is 2.95 bits per heavy atom. The van der Waals surface area contributed by atoms with Crippen LogP contribution in [0.5, 0.6) is 5.75 Å². The molecule has 1 aromatic rings. The summed E-state index contributed by atoms with van der Waals surface area (Å²) in [6, 6.07) is 7.93. The minimum atomic E-state index is -0.0287. The van der Waals surface area contributed by atoms with Gasteiger partial charge in [0.15, 0.2) is 0 Å². The molecular formula is C16H24N2O2. The van der Waals surface area contributed by atoms with E-state index in [0.29, 0.717) is 19.1 Å². The number of carbonyl (C=O) groups is 1. The molecule has 1 aromatic carbocycles. The molecule has 2 atom stereocenters. The quantitative estimate of drug-likeness (QED) is 0.892. The minimum absolute atomic E-state index is 0.0287. The highest BCUT2D eigenvalue weighted by atomic mass is 16.5. The molecule has 1 aliphatic rings. The summed E-state index contributed by atoms with van der Waals surface area (Å²) in [4.78, 5) is 14.0. The molecule has 20 heavy (non-hydrogen) atoms. The van der Waals surface area contributed by atoms with Crippen molar-refractivity contribution < 1.29 is 9.53 Å². The van der Waals surface area contributed by atoms with Crippen LogP contribution >= 0.6 is 0 Å². The van der Waals surface area contributed by atoms with E-state index >= 15 is 0 Å². The summed E-state index contributed by atoms with van der Waals surface area (Å²) in [5.41, 5.74) is 1.18. The number of rotatable bonds is 5. The highest BCUT2D eigenvalue weighted by Gasteiger charge is 2.31. The fourth-order valence-corrected chi connectivity index (χ4v) is 2.52. The highest BCUT2D eigenvalue weighted by molar-refractivity contribution is 5.82. The number of aryl methyl sites for hydroxylation is 1. The van der Waals surface area contributed by atoms with Gasteiger partial charge in [-0.25, -0.2) is 0 Å². The number of carbonyl (C=O) groups excluding carboxylic acids is 1. The summed E-state index contributed by atoms with van der Waals surface area (Å²) in [5.74, 6) is 1.45. The second-order valence-electron chi connectivity index (χ2n) is 5.62. The summed E-state index contributed by atoms with van der Waals surface area (Å²) < 4.78 is 5.68. The maximum absolute atomic E-state index is 12.3. The van der Waals surface area contributed by atoms with Crippen LogP contribution in [0.15, 0.2) is 24.3 Å². The van der Waals surface area contributed by atoms with Crippen molar-refractivity contribution in [3.05, 3.63) is 29.8 Å². The Kier molecular flexibility index (Phi) is 5.01. The molecule has 1 saturated heterocycles.